The highest BCUT2D eigenvalue weighted by Gasteiger charge is 2.14. The van der Waals surface area contributed by atoms with Crippen molar-refractivity contribution in [2.75, 3.05) is 0 Å². The third-order valence-corrected chi connectivity index (χ3v) is 3.40. The molecule has 0 fully saturated rings. The van der Waals surface area contributed by atoms with Gasteiger partial charge in [0.1, 0.15) is 11.6 Å². The van der Waals surface area contributed by atoms with Crippen molar-refractivity contribution in [3.8, 4) is 11.6 Å². The molecule has 0 spiro atoms. The number of benzene rings is 1. The van der Waals surface area contributed by atoms with Gasteiger partial charge in [0.15, 0.2) is 0 Å². The van der Waals surface area contributed by atoms with Gasteiger partial charge < -0.3 is 4.74 Å². The second-order valence-corrected chi connectivity index (χ2v) is 4.77. The van der Waals surface area contributed by atoms with Gasteiger partial charge in [-0.05, 0) is 19.1 Å². The predicted octanol–water partition coefficient (Wildman–Crippen LogP) is 4.21. The van der Waals surface area contributed by atoms with Crippen LogP contribution < -0.4 is 4.74 Å². The molecule has 0 saturated heterocycles. The third-order valence-electron chi connectivity index (χ3n) is 2.53. The topological polar surface area (TPSA) is 27.1 Å². The lowest BCUT2D eigenvalue weighted by atomic mass is 10.3. The summed E-state index contributed by atoms with van der Waals surface area (Å²) in [6.07, 6.45) is 0. The van der Waals surface area contributed by atoms with E-state index < -0.39 is 5.82 Å². The fourth-order valence-electron chi connectivity index (χ4n) is 1.61. The minimum absolute atomic E-state index is 0.0734. The Bertz CT molecular complexity index is 586. The first-order valence-corrected chi connectivity index (χ1v) is 6.74. The van der Waals surface area contributed by atoms with Crippen LogP contribution in [0.2, 0.25) is 5.02 Å². The molecule has 0 aliphatic rings. The van der Waals surface area contributed by atoms with Crippen LogP contribution in [0.15, 0.2) is 18.2 Å². The second kappa shape index (κ2) is 5.28. The van der Waals surface area contributed by atoms with Gasteiger partial charge in [-0.25, -0.2) is 9.07 Å². The zero-order chi connectivity index (χ0) is 13.3. The summed E-state index contributed by atoms with van der Waals surface area (Å²) in [7, 11) is 1.78. The number of rotatable bonds is 3. The molecule has 1 aromatic heterocycles. The highest BCUT2D eigenvalue weighted by atomic mass is 79.9. The Hall–Kier alpha value is -1.07. The minimum atomic E-state index is -0.506. The number of ether oxygens (including phenoxy) is 1. The van der Waals surface area contributed by atoms with E-state index in [1.165, 1.54) is 12.1 Å². The van der Waals surface area contributed by atoms with Crippen molar-refractivity contribution in [2.24, 2.45) is 7.05 Å². The Morgan fingerprint density at radius 1 is 1.50 bits per heavy atom. The van der Waals surface area contributed by atoms with Crippen LogP contribution in [0.25, 0.3) is 0 Å². The molecule has 0 radical (unpaired) electrons. The van der Waals surface area contributed by atoms with Gasteiger partial charge in [0.2, 0.25) is 5.88 Å². The van der Waals surface area contributed by atoms with E-state index in [4.69, 9.17) is 16.3 Å². The molecular formula is C12H11BrClFN2O. The van der Waals surface area contributed by atoms with Gasteiger partial charge in [0, 0.05) is 24.0 Å². The SMILES string of the molecule is Cc1nn(C)c(Oc2ccc(Cl)c(F)c2)c1CBr. The van der Waals surface area contributed by atoms with Crippen molar-refractivity contribution in [1.82, 2.24) is 9.78 Å². The summed E-state index contributed by atoms with van der Waals surface area (Å²) in [5.41, 5.74) is 1.81. The van der Waals surface area contributed by atoms with Gasteiger partial charge in [-0.15, -0.1) is 0 Å². The molecule has 2 rings (SSSR count). The van der Waals surface area contributed by atoms with Crippen molar-refractivity contribution in [2.45, 2.75) is 12.3 Å². The van der Waals surface area contributed by atoms with E-state index in [1.807, 2.05) is 6.92 Å². The summed E-state index contributed by atoms with van der Waals surface area (Å²) in [6.45, 7) is 1.89. The summed E-state index contributed by atoms with van der Waals surface area (Å²) in [4.78, 5) is 0. The fourth-order valence-corrected chi connectivity index (χ4v) is 2.38. The van der Waals surface area contributed by atoms with Crippen LogP contribution in [-0.2, 0) is 12.4 Å². The van der Waals surface area contributed by atoms with Crippen LogP contribution in [0.5, 0.6) is 11.6 Å². The Morgan fingerprint density at radius 2 is 2.22 bits per heavy atom. The highest BCUT2D eigenvalue weighted by Crippen LogP contribution is 2.30. The maximum atomic E-state index is 13.3. The molecule has 18 heavy (non-hydrogen) atoms. The van der Waals surface area contributed by atoms with Crippen LogP contribution in [0.4, 0.5) is 4.39 Å². The number of hydrogen-bond acceptors (Lipinski definition) is 2. The predicted molar refractivity (Wildman–Crippen MR) is 72.1 cm³/mol. The van der Waals surface area contributed by atoms with Gasteiger partial charge in [0.05, 0.1) is 10.7 Å². The third kappa shape index (κ3) is 2.52. The Labute approximate surface area is 118 Å². The smallest absolute Gasteiger partial charge is 0.221 e. The van der Waals surface area contributed by atoms with Crippen LogP contribution in [0, 0.1) is 12.7 Å². The van der Waals surface area contributed by atoms with Crippen molar-refractivity contribution in [3.05, 3.63) is 40.3 Å². The number of hydrogen-bond donors (Lipinski definition) is 0. The van der Waals surface area contributed by atoms with E-state index in [2.05, 4.69) is 21.0 Å². The zero-order valence-electron chi connectivity index (χ0n) is 9.88. The molecule has 0 N–H and O–H groups in total. The molecule has 96 valence electrons. The molecule has 1 heterocycles. The second-order valence-electron chi connectivity index (χ2n) is 3.80. The summed E-state index contributed by atoms with van der Waals surface area (Å²) in [5, 5.41) is 4.96. The van der Waals surface area contributed by atoms with Crippen LogP contribution in [0.1, 0.15) is 11.3 Å². The largest absolute Gasteiger partial charge is 0.439 e. The Morgan fingerprint density at radius 3 is 2.83 bits per heavy atom. The lowest BCUT2D eigenvalue weighted by molar-refractivity contribution is 0.424. The average molecular weight is 334 g/mol. The van der Waals surface area contributed by atoms with Gasteiger partial charge >= 0.3 is 0 Å². The summed E-state index contributed by atoms with van der Waals surface area (Å²) < 4.78 is 20.6. The van der Waals surface area contributed by atoms with Crippen LogP contribution in [0.3, 0.4) is 0 Å². The van der Waals surface area contributed by atoms with E-state index in [-0.39, 0.29) is 5.02 Å². The maximum Gasteiger partial charge on any atom is 0.221 e. The molecule has 0 aliphatic carbocycles. The molecule has 0 amide bonds. The van der Waals surface area contributed by atoms with Crippen molar-refractivity contribution in [1.29, 1.82) is 0 Å². The van der Waals surface area contributed by atoms with E-state index in [1.54, 1.807) is 17.8 Å². The fraction of sp³-hybridized carbons (Fsp3) is 0.250. The number of halogens is 3. The monoisotopic (exact) mass is 332 g/mol. The number of aromatic nitrogens is 2. The molecular weight excluding hydrogens is 322 g/mol. The highest BCUT2D eigenvalue weighted by molar-refractivity contribution is 9.08. The molecule has 0 aliphatic heterocycles. The lowest BCUT2D eigenvalue weighted by Gasteiger charge is -2.08. The molecule has 0 bridgehead atoms. The standard InChI is InChI=1S/C12H11BrClFN2O/c1-7-9(6-13)12(17(2)16-7)18-8-3-4-10(14)11(15)5-8/h3-5H,6H2,1-2H3. The van der Waals surface area contributed by atoms with Gasteiger partial charge in [-0.1, -0.05) is 27.5 Å². The Kier molecular flexibility index (Phi) is 3.92. The Balaban J connectivity index is 2.36. The first kappa shape index (κ1) is 13.4. The average Bonchev–Trinajstić information content (AvgIpc) is 2.58. The maximum absolute atomic E-state index is 13.3. The van der Waals surface area contributed by atoms with Crippen LogP contribution in [-0.4, -0.2) is 9.78 Å². The van der Waals surface area contributed by atoms with E-state index in [9.17, 15) is 4.39 Å². The van der Waals surface area contributed by atoms with Crippen molar-refractivity contribution in [3.63, 3.8) is 0 Å². The van der Waals surface area contributed by atoms with Gasteiger partial charge in [-0.2, -0.15) is 5.10 Å². The van der Waals surface area contributed by atoms with Crippen molar-refractivity contribution < 1.29 is 9.13 Å². The molecule has 2 aromatic rings. The first-order chi connectivity index (χ1) is 8.52. The zero-order valence-corrected chi connectivity index (χ0v) is 12.2. The summed E-state index contributed by atoms with van der Waals surface area (Å²) >= 11 is 9.01. The van der Waals surface area contributed by atoms with E-state index >= 15 is 0 Å². The van der Waals surface area contributed by atoms with E-state index in [0.29, 0.717) is 17.0 Å². The van der Waals surface area contributed by atoms with Crippen LogP contribution >= 0.6 is 27.5 Å². The normalized spacial score (nSPS) is 10.7. The number of alkyl halides is 1. The summed E-state index contributed by atoms with van der Waals surface area (Å²) in [5.74, 6) is 0.474. The summed E-state index contributed by atoms with van der Waals surface area (Å²) in [6, 6.07) is 4.33. The lowest BCUT2D eigenvalue weighted by Crippen LogP contribution is -1.96. The van der Waals surface area contributed by atoms with Gasteiger partial charge in [0.25, 0.3) is 0 Å². The molecule has 0 saturated carbocycles. The quantitative estimate of drug-likeness (QED) is 0.787. The molecule has 3 nitrogen and oxygen atoms in total. The number of aryl methyl sites for hydroxylation is 2. The molecule has 6 heteroatoms. The molecule has 0 atom stereocenters. The minimum Gasteiger partial charge on any atom is -0.439 e. The number of nitrogens with zero attached hydrogens (tertiary/aromatic N) is 2. The van der Waals surface area contributed by atoms with Gasteiger partial charge in [-0.3, -0.25) is 0 Å². The molecule has 1 aromatic carbocycles. The van der Waals surface area contributed by atoms with E-state index in [0.717, 1.165) is 11.3 Å². The first-order valence-electron chi connectivity index (χ1n) is 5.24. The molecule has 0 unspecified atom stereocenters. The van der Waals surface area contributed by atoms with Crippen molar-refractivity contribution >= 4 is 27.5 Å².